The monoisotopic (exact) mass is 371 g/mol. The van der Waals surface area contributed by atoms with E-state index in [4.69, 9.17) is 4.52 Å². The van der Waals surface area contributed by atoms with Crippen LogP contribution in [0.2, 0.25) is 0 Å². The number of benzene rings is 1. The van der Waals surface area contributed by atoms with Crippen LogP contribution >= 0.6 is 0 Å². The number of aromatic nitrogens is 1. The number of likely N-dealkylation sites (tertiary alicyclic amines) is 1. The molecule has 0 saturated carbocycles. The van der Waals surface area contributed by atoms with Crippen molar-refractivity contribution < 1.29 is 19.2 Å². The Balaban J connectivity index is 1.89. The van der Waals surface area contributed by atoms with Gasteiger partial charge in [-0.1, -0.05) is 35.5 Å². The van der Waals surface area contributed by atoms with Crippen molar-refractivity contribution >= 4 is 11.8 Å². The molecule has 0 spiro atoms. The molecule has 2 aromatic rings. The zero-order valence-electron chi connectivity index (χ0n) is 15.6. The Labute approximate surface area is 158 Å². The second kappa shape index (κ2) is 7.92. The fraction of sp³-hybridized carbons (Fsp3) is 0.450. The van der Waals surface area contributed by atoms with Crippen molar-refractivity contribution in [1.29, 1.82) is 0 Å². The standard InChI is InChI=1S/C20H25N3O4/c1-14(13-24)21-19(26)20(9-6-10-23(20)15(2)25)12-17-11-18(22-27-17)16-7-4-3-5-8-16/h3-5,7-8,11,14,24H,6,9-10,12-13H2,1-2H3,(H,21,26)/t14-,20+/m1/s1. The zero-order valence-corrected chi connectivity index (χ0v) is 15.6. The molecule has 1 aromatic heterocycles. The molecule has 0 bridgehead atoms. The van der Waals surface area contributed by atoms with Crippen molar-refractivity contribution in [3.05, 3.63) is 42.2 Å². The predicted octanol–water partition coefficient (Wildman–Crippen LogP) is 1.76. The fourth-order valence-electron chi connectivity index (χ4n) is 3.67. The van der Waals surface area contributed by atoms with E-state index in [0.29, 0.717) is 24.4 Å². The number of aliphatic hydroxyl groups excluding tert-OH is 1. The minimum atomic E-state index is -1.03. The van der Waals surface area contributed by atoms with E-state index < -0.39 is 11.6 Å². The van der Waals surface area contributed by atoms with Crippen molar-refractivity contribution in [2.24, 2.45) is 0 Å². The molecule has 144 valence electrons. The van der Waals surface area contributed by atoms with Crippen molar-refractivity contribution in [3.63, 3.8) is 0 Å². The van der Waals surface area contributed by atoms with Gasteiger partial charge in [0.05, 0.1) is 6.61 Å². The number of hydrogen-bond donors (Lipinski definition) is 2. The first-order chi connectivity index (χ1) is 13.0. The topological polar surface area (TPSA) is 95.7 Å². The summed E-state index contributed by atoms with van der Waals surface area (Å²) >= 11 is 0. The lowest BCUT2D eigenvalue weighted by Gasteiger charge is -2.36. The van der Waals surface area contributed by atoms with Gasteiger partial charge in [-0.3, -0.25) is 9.59 Å². The summed E-state index contributed by atoms with van der Waals surface area (Å²) in [5.74, 6) is 0.130. The smallest absolute Gasteiger partial charge is 0.246 e. The lowest BCUT2D eigenvalue weighted by atomic mass is 9.88. The highest BCUT2D eigenvalue weighted by molar-refractivity contribution is 5.92. The van der Waals surface area contributed by atoms with E-state index in [1.165, 1.54) is 6.92 Å². The Morgan fingerprint density at radius 2 is 2.11 bits per heavy atom. The van der Waals surface area contributed by atoms with E-state index in [-0.39, 0.29) is 24.8 Å². The van der Waals surface area contributed by atoms with Gasteiger partial charge in [0.1, 0.15) is 17.0 Å². The summed E-state index contributed by atoms with van der Waals surface area (Å²) < 4.78 is 5.50. The molecule has 27 heavy (non-hydrogen) atoms. The third-order valence-corrected chi connectivity index (χ3v) is 5.04. The van der Waals surface area contributed by atoms with Crippen LogP contribution in [0.5, 0.6) is 0 Å². The molecule has 2 amide bonds. The molecule has 1 fully saturated rings. The molecular formula is C20H25N3O4. The maximum Gasteiger partial charge on any atom is 0.246 e. The third kappa shape index (κ3) is 3.88. The Morgan fingerprint density at radius 3 is 2.78 bits per heavy atom. The van der Waals surface area contributed by atoms with Crippen LogP contribution in [0.15, 0.2) is 40.9 Å². The lowest BCUT2D eigenvalue weighted by Crippen LogP contribution is -2.59. The lowest BCUT2D eigenvalue weighted by molar-refractivity contribution is -0.144. The summed E-state index contributed by atoms with van der Waals surface area (Å²) in [6.45, 7) is 3.55. The van der Waals surface area contributed by atoms with Crippen LogP contribution in [0.3, 0.4) is 0 Å². The molecular weight excluding hydrogens is 346 g/mol. The highest BCUT2D eigenvalue weighted by Crippen LogP contribution is 2.34. The molecule has 2 heterocycles. The second-order valence-corrected chi connectivity index (χ2v) is 7.08. The van der Waals surface area contributed by atoms with Gasteiger partial charge in [0.2, 0.25) is 11.8 Å². The van der Waals surface area contributed by atoms with E-state index >= 15 is 0 Å². The Morgan fingerprint density at radius 1 is 1.37 bits per heavy atom. The first kappa shape index (κ1) is 19.1. The predicted molar refractivity (Wildman–Crippen MR) is 99.7 cm³/mol. The van der Waals surface area contributed by atoms with Crippen LogP contribution in [0, 0.1) is 0 Å². The first-order valence-corrected chi connectivity index (χ1v) is 9.17. The van der Waals surface area contributed by atoms with Gasteiger partial charge in [-0.05, 0) is 19.8 Å². The van der Waals surface area contributed by atoms with Gasteiger partial charge < -0.3 is 19.8 Å². The summed E-state index contributed by atoms with van der Waals surface area (Å²) in [6, 6.07) is 11.1. The maximum atomic E-state index is 13.1. The SMILES string of the molecule is CC(=O)N1CCC[C@]1(Cc1cc(-c2ccccc2)no1)C(=O)N[C@H](C)CO. The molecule has 0 unspecified atom stereocenters. The summed E-state index contributed by atoms with van der Waals surface area (Å²) in [4.78, 5) is 26.9. The summed E-state index contributed by atoms with van der Waals surface area (Å²) in [6.07, 6.45) is 1.52. The Kier molecular flexibility index (Phi) is 5.60. The van der Waals surface area contributed by atoms with E-state index in [9.17, 15) is 14.7 Å². The number of rotatable bonds is 6. The van der Waals surface area contributed by atoms with Crippen LogP contribution in [-0.2, 0) is 16.0 Å². The van der Waals surface area contributed by atoms with Crippen molar-refractivity contribution in [3.8, 4) is 11.3 Å². The Hall–Kier alpha value is -2.67. The van der Waals surface area contributed by atoms with E-state index in [0.717, 1.165) is 12.0 Å². The van der Waals surface area contributed by atoms with Gasteiger partial charge in [-0.15, -0.1) is 0 Å². The molecule has 7 heteroatoms. The molecule has 7 nitrogen and oxygen atoms in total. The fourth-order valence-corrected chi connectivity index (χ4v) is 3.67. The van der Waals surface area contributed by atoms with Gasteiger partial charge in [0.15, 0.2) is 0 Å². The molecule has 2 N–H and O–H groups in total. The second-order valence-electron chi connectivity index (χ2n) is 7.08. The van der Waals surface area contributed by atoms with Gasteiger partial charge >= 0.3 is 0 Å². The van der Waals surface area contributed by atoms with Crippen molar-refractivity contribution in [2.75, 3.05) is 13.2 Å². The molecule has 2 atom stereocenters. The number of amides is 2. The minimum Gasteiger partial charge on any atom is -0.394 e. The number of carbonyl (C=O) groups is 2. The molecule has 3 rings (SSSR count). The van der Waals surface area contributed by atoms with Crippen LogP contribution in [0.25, 0.3) is 11.3 Å². The largest absolute Gasteiger partial charge is 0.394 e. The van der Waals surface area contributed by atoms with E-state index in [1.807, 2.05) is 36.4 Å². The van der Waals surface area contributed by atoms with Crippen LogP contribution in [0.4, 0.5) is 0 Å². The van der Waals surface area contributed by atoms with Crippen molar-refractivity contribution in [1.82, 2.24) is 15.4 Å². The normalized spacial score (nSPS) is 20.5. The quantitative estimate of drug-likeness (QED) is 0.807. The number of hydrogen-bond acceptors (Lipinski definition) is 5. The summed E-state index contributed by atoms with van der Waals surface area (Å²) in [5.41, 5.74) is 0.593. The highest BCUT2D eigenvalue weighted by Gasteiger charge is 2.49. The van der Waals surface area contributed by atoms with Crippen LogP contribution in [-0.4, -0.2) is 51.7 Å². The summed E-state index contributed by atoms with van der Waals surface area (Å²) in [5, 5.41) is 16.2. The maximum absolute atomic E-state index is 13.1. The third-order valence-electron chi connectivity index (χ3n) is 5.04. The van der Waals surface area contributed by atoms with Crippen molar-refractivity contribution in [2.45, 2.75) is 44.7 Å². The average Bonchev–Trinajstić information content (AvgIpc) is 3.30. The van der Waals surface area contributed by atoms with Gasteiger partial charge in [0, 0.05) is 37.6 Å². The molecule has 1 aliphatic heterocycles. The number of nitrogens with one attached hydrogen (secondary N) is 1. The van der Waals surface area contributed by atoms with E-state index in [1.54, 1.807) is 11.8 Å². The number of nitrogens with zero attached hydrogens (tertiary/aromatic N) is 2. The molecule has 1 aliphatic rings. The minimum absolute atomic E-state index is 0.151. The first-order valence-electron chi connectivity index (χ1n) is 9.17. The molecule has 0 radical (unpaired) electrons. The molecule has 1 aromatic carbocycles. The van der Waals surface area contributed by atoms with E-state index in [2.05, 4.69) is 10.5 Å². The van der Waals surface area contributed by atoms with Crippen LogP contribution in [0.1, 0.15) is 32.4 Å². The van der Waals surface area contributed by atoms with Gasteiger partial charge in [0.25, 0.3) is 0 Å². The van der Waals surface area contributed by atoms with Crippen LogP contribution < -0.4 is 5.32 Å². The summed E-state index contributed by atoms with van der Waals surface area (Å²) in [7, 11) is 0. The highest BCUT2D eigenvalue weighted by atomic mass is 16.5. The van der Waals surface area contributed by atoms with Gasteiger partial charge in [-0.2, -0.15) is 0 Å². The molecule has 0 aliphatic carbocycles. The average molecular weight is 371 g/mol. The van der Waals surface area contributed by atoms with Gasteiger partial charge in [-0.25, -0.2) is 0 Å². The zero-order chi connectivity index (χ0) is 19.4. The molecule has 1 saturated heterocycles. The Bertz CT molecular complexity index is 805. The number of aliphatic hydroxyl groups is 1. The number of carbonyl (C=O) groups excluding carboxylic acids is 2.